The van der Waals surface area contributed by atoms with Crippen LogP contribution in [0.1, 0.15) is 12.8 Å². The van der Waals surface area contributed by atoms with Gasteiger partial charge in [-0.2, -0.15) is 0 Å². The van der Waals surface area contributed by atoms with E-state index in [2.05, 4.69) is 27.2 Å². The lowest BCUT2D eigenvalue weighted by atomic mass is 10.0. The van der Waals surface area contributed by atoms with E-state index in [4.69, 9.17) is 16.6 Å². The van der Waals surface area contributed by atoms with Crippen LogP contribution in [0.2, 0.25) is 5.02 Å². The smallest absolute Gasteiger partial charge is 0.163 e. The zero-order chi connectivity index (χ0) is 18.6. The minimum absolute atomic E-state index is 0.453. The Morgan fingerprint density at radius 2 is 1.81 bits per heavy atom. The van der Waals surface area contributed by atoms with Crippen LogP contribution in [0.5, 0.6) is 0 Å². The number of nitrogens with zero attached hydrogens (tertiary/aromatic N) is 4. The van der Waals surface area contributed by atoms with Gasteiger partial charge in [-0.15, -0.1) is 0 Å². The summed E-state index contributed by atoms with van der Waals surface area (Å²) in [4.78, 5) is 16.0. The van der Waals surface area contributed by atoms with E-state index >= 15 is 0 Å². The molecule has 1 N–H and O–H groups in total. The first-order valence-corrected chi connectivity index (χ1v) is 9.57. The second-order valence-electron chi connectivity index (χ2n) is 6.77. The third-order valence-electron chi connectivity index (χ3n) is 5.03. The molecule has 1 saturated heterocycles. The molecule has 0 atom stereocenters. The lowest BCUT2D eigenvalue weighted by molar-refractivity contribution is 0.442. The van der Waals surface area contributed by atoms with E-state index in [0.717, 1.165) is 53.5 Å². The fourth-order valence-corrected chi connectivity index (χ4v) is 3.60. The largest absolute Gasteiger partial charge is 0.356 e. The second-order valence-corrected chi connectivity index (χ2v) is 7.21. The van der Waals surface area contributed by atoms with Crippen molar-refractivity contribution in [3.05, 3.63) is 60.0 Å². The summed E-state index contributed by atoms with van der Waals surface area (Å²) in [6.45, 7) is 2.07. The van der Waals surface area contributed by atoms with Crippen molar-refractivity contribution >= 4 is 17.4 Å². The topological polar surface area (TPSA) is 53.9 Å². The molecule has 1 aliphatic rings. The van der Waals surface area contributed by atoms with Gasteiger partial charge < -0.3 is 10.2 Å². The standard InChI is InChI=1S/C21H22ClN5/c1-27(18-8-11-23-12-9-18)21-19(15-4-6-17(22)7-5-15)14-25-20(26-21)16-3-2-10-24-13-16/h2-7,10,13-14,18,23H,8-9,11-12H2,1H3. The SMILES string of the molecule is CN(c1nc(-c2cccnc2)ncc1-c1ccc(Cl)cc1)C1CCNCC1. The molecule has 0 radical (unpaired) electrons. The predicted molar refractivity (Wildman–Crippen MR) is 110 cm³/mol. The van der Waals surface area contributed by atoms with Crippen LogP contribution in [0.4, 0.5) is 5.82 Å². The first-order valence-electron chi connectivity index (χ1n) is 9.19. The summed E-state index contributed by atoms with van der Waals surface area (Å²) in [6, 6.07) is 12.2. The van der Waals surface area contributed by atoms with Crippen LogP contribution in [-0.2, 0) is 0 Å². The molecular formula is C21H22ClN5. The molecular weight excluding hydrogens is 358 g/mol. The Labute approximate surface area is 164 Å². The third-order valence-corrected chi connectivity index (χ3v) is 5.29. The van der Waals surface area contributed by atoms with Gasteiger partial charge in [0.1, 0.15) is 5.82 Å². The fourth-order valence-electron chi connectivity index (χ4n) is 3.48. The monoisotopic (exact) mass is 379 g/mol. The molecule has 0 unspecified atom stereocenters. The van der Waals surface area contributed by atoms with Crippen LogP contribution >= 0.6 is 11.6 Å². The Morgan fingerprint density at radius 3 is 2.52 bits per heavy atom. The first-order chi connectivity index (χ1) is 13.2. The molecule has 1 fully saturated rings. The van der Waals surface area contributed by atoms with Crippen molar-refractivity contribution in [1.82, 2.24) is 20.3 Å². The van der Waals surface area contributed by atoms with Crippen LogP contribution < -0.4 is 10.2 Å². The van der Waals surface area contributed by atoms with Crippen molar-refractivity contribution in [2.24, 2.45) is 0 Å². The molecule has 138 valence electrons. The van der Waals surface area contributed by atoms with Gasteiger partial charge in [0.15, 0.2) is 5.82 Å². The number of piperidine rings is 1. The third kappa shape index (κ3) is 3.94. The van der Waals surface area contributed by atoms with Gasteiger partial charge in [0.25, 0.3) is 0 Å². The Hall–Kier alpha value is -2.50. The van der Waals surface area contributed by atoms with Gasteiger partial charge in [-0.1, -0.05) is 23.7 Å². The molecule has 2 aromatic heterocycles. The molecule has 6 heteroatoms. The number of anilines is 1. The molecule has 4 rings (SSSR count). The van der Waals surface area contributed by atoms with E-state index in [9.17, 15) is 0 Å². The zero-order valence-electron chi connectivity index (χ0n) is 15.3. The van der Waals surface area contributed by atoms with Crippen LogP contribution in [0.3, 0.4) is 0 Å². The highest BCUT2D eigenvalue weighted by atomic mass is 35.5. The summed E-state index contributed by atoms with van der Waals surface area (Å²) >= 11 is 6.07. The molecule has 3 aromatic rings. The van der Waals surface area contributed by atoms with Crippen molar-refractivity contribution in [2.45, 2.75) is 18.9 Å². The van der Waals surface area contributed by atoms with Crippen molar-refractivity contribution in [3.8, 4) is 22.5 Å². The highest BCUT2D eigenvalue weighted by molar-refractivity contribution is 6.30. The molecule has 1 aliphatic heterocycles. The van der Waals surface area contributed by atoms with Crippen LogP contribution in [0.15, 0.2) is 55.0 Å². The van der Waals surface area contributed by atoms with Crippen molar-refractivity contribution in [2.75, 3.05) is 25.0 Å². The number of rotatable bonds is 4. The van der Waals surface area contributed by atoms with Crippen molar-refractivity contribution < 1.29 is 0 Å². The quantitative estimate of drug-likeness (QED) is 0.741. The van der Waals surface area contributed by atoms with Gasteiger partial charge in [-0.05, 0) is 55.8 Å². The lowest BCUT2D eigenvalue weighted by Crippen LogP contribution is -2.41. The number of aromatic nitrogens is 3. The summed E-state index contributed by atoms with van der Waals surface area (Å²) in [6.07, 6.45) is 7.66. The molecule has 3 heterocycles. The highest BCUT2D eigenvalue weighted by Gasteiger charge is 2.22. The summed E-state index contributed by atoms with van der Waals surface area (Å²) in [5.74, 6) is 1.63. The number of nitrogens with one attached hydrogen (secondary N) is 1. The normalized spacial score (nSPS) is 14.9. The van der Waals surface area contributed by atoms with Gasteiger partial charge in [0, 0.05) is 47.8 Å². The Morgan fingerprint density at radius 1 is 1.04 bits per heavy atom. The number of benzene rings is 1. The molecule has 5 nitrogen and oxygen atoms in total. The minimum atomic E-state index is 0.453. The predicted octanol–water partition coefficient (Wildman–Crippen LogP) is 4.05. The van der Waals surface area contributed by atoms with Gasteiger partial charge in [-0.25, -0.2) is 9.97 Å². The molecule has 0 saturated carbocycles. The number of hydrogen-bond donors (Lipinski definition) is 1. The lowest BCUT2D eigenvalue weighted by Gasteiger charge is -2.33. The fraction of sp³-hybridized carbons (Fsp3) is 0.286. The minimum Gasteiger partial charge on any atom is -0.356 e. The molecule has 0 bridgehead atoms. The molecule has 27 heavy (non-hydrogen) atoms. The van der Waals surface area contributed by atoms with Crippen LogP contribution in [-0.4, -0.2) is 41.1 Å². The second kappa shape index (κ2) is 8.03. The average molecular weight is 380 g/mol. The van der Waals surface area contributed by atoms with Crippen LogP contribution in [0, 0.1) is 0 Å². The maximum Gasteiger partial charge on any atom is 0.163 e. The Balaban J connectivity index is 1.79. The zero-order valence-corrected chi connectivity index (χ0v) is 16.0. The summed E-state index contributed by atoms with van der Waals surface area (Å²) in [7, 11) is 2.13. The van der Waals surface area contributed by atoms with E-state index in [0.29, 0.717) is 11.9 Å². The van der Waals surface area contributed by atoms with Gasteiger partial charge >= 0.3 is 0 Å². The first kappa shape index (κ1) is 17.9. The Bertz CT molecular complexity index is 892. The number of halogens is 1. The summed E-state index contributed by atoms with van der Waals surface area (Å²) in [5, 5.41) is 4.15. The van der Waals surface area contributed by atoms with E-state index in [1.54, 1.807) is 12.4 Å². The van der Waals surface area contributed by atoms with E-state index in [1.807, 2.05) is 42.6 Å². The maximum atomic E-state index is 6.07. The van der Waals surface area contributed by atoms with Crippen molar-refractivity contribution in [3.63, 3.8) is 0 Å². The average Bonchev–Trinajstić information content (AvgIpc) is 2.75. The van der Waals surface area contributed by atoms with Gasteiger partial charge in [0.2, 0.25) is 0 Å². The van der Waals surface area contributed by atoms with Gasteiger partial charge in [-0.3, -0.25) is 4.98 Å². The van der Waals surface area contributed by atoms with Crippen LogP contribution in [0.25, 0.3) is 22.5 Å². The molecule has 0 spiro atoms. The van der Waals surface area contributed by atoms with Crippen molar-refractivity contribution in [1.29, 1.82) is 0 Å². The maximum absolute atomic E-state index is 6.07. The molecule has 1 aromatic carbocycles. The summed E-state index contributed by atoms with van der Waals surface area (Å²) < 4.78 is 0. The van der Waals surface area contributed by atoms with E-state index in [-0.39, 0.29) is 0 Å². The number of hydrogen-bond acceptors (Lipinski definition) is 5. The highest BCUT2D eigenvalue weighted by Crippen LogP contribution is 2.32. The number of pyridine rings is 1. The van der Waals surface area contributed by atoms with Gasteiger partial charge in [0.05, 0.1) is 0 Å². The van der Waals surface area contributed by atoms with E-state index in [1.165, 1.54) is 0 Å². The molecule has 0 aliphatic carbocycles. The van der Waals surface area contributed by atoms with E-state index < -0.39 is 0 Å². The Kier molecular flexibility index (Phi) is 5.32. The molecule has 0 amide bonds. The summed E-state index contributed by atoms with van der Waals surface area (Å²) in [5.41, 5.74) is 2.99.